The van der Waals surface area contributed by atoms with Crippen LogP contribution in [0.4, 0.5) is 0 Å². The van der Waals surface area contributed by atoms with E-state index in [0.29, 0.717) is 0 Å². The maximum absolute atomic E-state index is 6.63. The summed E-state index contributed by atoms with van der Waals surface area (Å²) in [7, 11) is -0.875. The van der Waals surface area contributed by atoms with Crippen LogP contribution in [0.25, 0.3) is 0 Å². The van der Waals surface area contributed by atoms with Crippen molar-refractivity contribution in [1.82, 2.24) is 0 Å². The number of hydrogen-bond donors (Lipinski definition) is 0. The Labute approximate surface area is 139 Å². The van der Waals surface area contributed by atoms with Crippen molar-refractivity contribution in [1.29, 1.82) is 0 Å². The van der Waals surface area contributed by atoms with Gasteiger partial charge in [0.1, 0.15) is 11.5 Å². The van der Waals surface area contributed by atoms with Crippen molar-refractivity contribution in [2.24, 2.45) is 0 Å². The Balaban J connectivity index is 2.08. The lowest BCUT2D eigenvalue weighted by Crippen LogP contribution is -2.10. The average Bonchev–Trinajstić information content (AvgIpc) is 2.47. The van der Waals surface area contributed by atoms with Gasteiger partial charge in [0.2, 0.25) is 0 Å². The van der Waals surface area contributed by atoms with E-state index in [4.69, 9.17) is 20.7 Å². The molecule has 0 aromatic heterocycles. The minimum atomic E-state index is -0.875. The van der Waals surface area contributed by atoms with Gasteiger partial charge in [-0.3, -0.25) is 0 Å². The zero-order valence-corrected chi connectivity index (χ0v) is 15.1. The normalized spacial score (nSPS) is 11.3. The van der Waals surface area contributed by atoms with E-state index in [1.165, 1.54) is 0 Å². The summed E-state index contributed by atoms with van der Waals surface area (Å²) in [6.07, 6.45) is 0.355. The van der Waals surface area contributed by atoms with E-state index in [1.807, 2.05) is 76.2 Å². The van der Waals surface area contributed by atoms with Crippen molar-refractivity contribution in [3.63, 3.8) is 0 Å². The highest BCUT2D eigenvalue weighted by atomic mass is 35.7. The Kier molecular flexibility index (Phi) is 6.11. The van der Waals surface area contributed by atoms with Gasteiger partial charge in [0.25, 0.3) is 0 Å². The molecule has 0 aliphatic heterocycles. The molecule has 0 amide bonds. The van der Waals surface area contributed by atoms with Gasteiger partial charge in [-0.2, -0.15) is 0 Å². The van der Waals surface area contributed by atoms with Crippen molar-refractivity contribution in [3.8, 4) is 11.5 Å². The smallest absolute Gasteiger partial charge is 0.119 e. The lowest BCUT2D eigenvalue weighted by molar-refractivity contribution is 0.242. The molecule has 0 aliphatic rings. The van der Waals surface area contributed by atoms with Crippen LogP contribution in [-0.4, -0.2) is 12.2 Å². The topological polar surface area (TPSA) is 18.5 Å². The first-order valence-electron chi connectivity index (χ1n) is 7.45. The third-order valence-electron chi connectivity index (χ3n) is 2.87. The van der Waals surface area contributed by atoms with E-state index in [9.17, 15) is 0 Å². The largest absolute Gasteiger partial charge is 0.491 e. The number of halogens is 1. The quantitative estimate of drug-likeness (QED) is 0.702. The molecule has 22 heavy (non-hydrogen) atoms. The molecule has 0 heterocycles. The first kappa shape index (κ1) is 17.1. The lowest BCUT2D eigenvalue weighted by atomic mass is 10.3. The molecule has 2 aromatic rings. The number of ether oxygens (including phenoxy) is 2. The average molecular weight is 337 g/mol. The van der Waals surface area contributed by atoms with Crippen LogP contribution in [0.3, 0.4) is 0 Å². The van der Waals surface area contributed by atoms with Gasteiger partial charge in [-0.25, -0.2) is 0 Å². The van der Waals surface area contributed by atoms with E-state index in [0.717, 1.165) is 22.1 Å². The molecule has 0 radical (unpaired) electrons. The second-order valence-corrected chi connectivity index (χ2v) is 8.21. The van der Waals surface area contributed by atoms with Crippen LogP contribution in [0.1, 0.15) is 27.7 Å². The van der Waals surface area contributed by atoms with Gasteiger partial charge in [0, 0.05) is 0 Å². The minimum absolute atomic E-state index is 0.178. The van der Waals surface area contributed by atoms with Crippen molar-refractivity contribution in [2.75, 3.05) is 0 Å². The molecule has 0 atom stereocenters. The zero-order chi connectivity index (χ0) is 16.1. The first-order chi connectivity index (χ1) is 10.5. The molecule has 0 saturated heterocycles. The monoisotopic (exact) mass is 336 g/mol. The SMILES string of the molecule is CC(C)Oc1ccc(P(Cl)c2ccc(OC(C)C)cc2)cc1. The van der Waals surface area contributed by atoms with Gasteiger partial charge in [0.15, 0.2) is 0 Å². The molecule has 0 saturated carbocycles. The fourth-order valence-electron chi connectivity index (χ4n) is 2.00. The summed E-state index contributed by atoms with van der Waals surface area (Å²) < 4.78 is 11.3. The molecule has 118 valence electrons. The summed E-state index contributed by atoms with van der Waals surface area (Å²) in [5.74, 6) is 1.75. The lowest BCUT2D eigenvalue weighted by Gasteiger charge is -2.14. The minimum Gasteiger partial charge on any atom is -0.491 e. The summed E-state index contributed by atoms with van der Waals surface area (Å²) in [6, 6.07) is 16.0. The third kappa shape index (κ3) is 4.90. The molecule has 0 fully saturated rings. The third-order valence-corrected chi connectivity index (χ3v) is 5.54. The molecule has 2 aromatic carbocycles. The summed E-state index contributed by atoms with van der Waals surface area (Å²) in [4.78, 5) is 0. The molecule has 0 aliphatic carbocycles. The summed E-state index contributed by atoms with van der Waals surface area (Å²) in [5, 5.41) is 2.23. The van der Waals surface area contributed by atoms with Crippen LogP contribution in [0, 0.1) is 0 Å². The van der Waals surface area contributed by atoms with Crippen LogP contribution >= 0.6 is 18.5 Å². The Morgan fingerprint density at radius 2 is 1.00 bits per heavy atom. The van der Waals surface area contributed by atoms with Crippen molar-refractivity contribution in [3.05, 3.63) is 48.5 Å². The van der Waals surface area contributed by atoms with Gasteiger partial charge in [0.05, 0.1) is 19.5 Å². The fraction of sp³-hybridized carbons (Fsp3) is 0.333. The Morgan fingerprint density at radius 1 is 0.682 bits per heavy atom. The molecule has 0 spiro atoms. The van der Waals surface area contributed by atoms with E-state index < -0.39 is 7.27 Å². The van der Waals surface area contributed by atoms with Crippen molar-refractivity contribution >= 4 is 29.1 Å². The zero-order valence-electron chi connectivity index (χ0n) is 13.4. The highest BCUT2D eigenvalue weighted by Gasteiger charge is 2.11. The molecular weight excluding hydrogens is 315 g/mol. The molecule has 2 rings (SSSR count). The van der Waals surface area contributed by atoms with Crippen LogP contribution in [0.5, 0.6) is 11.5 Å². The number of rotatable bonds is 6. The van der Waals surface area contributed by atoms with E-state index in [1.54, 1.807) is 0 Å². The first-order valence-corrected chi connectivity index (χ1v) is 9.69. The van der Waals surface area contributed by atoms with Crippen LogP contribution in [0.2, 0.25) is 0 Å². The summed E-state index contributed by atoms with van der Waals surface area (Å²) in [6.45, 7) is 8.07. The molecule has 0 N–H and O–H groups in total. The standard InChI is InChI=1S/C18H22ClO2P/c1-13(2)20-15-5-9-17(10-6-15)22(19)18-11-7-16(8-12-18)21-14(3)4/h5-14H,1-4H3. The fourth-order valence-corrected chi connectivity index (χ4v) is 3.80. The van der Waals surface area contributed by atoms with E-state index in [-0.39, 0.29) is 12.2 Å². The second kappa shape index (κ2) is 7.85. The van der Waals surface area contributed by atoms with Crippen molar-refractivity contribution < 1.29 is 9.47 Å². The van der Waals surface area contributed by atoms with Gasteiger partial charge in [-0.05, 0) is 86.8 Å². The van der Waals surface area contributed by atoms with Crippen LogP contribution in [0.15, 0.2) is 48.5 Å². The van der Waals surface area contributed by atoms with Gasteiger partial charge in [-0.1, -0.05) is 11.2 Å². The highest BCUT2D eigenvalue weighted by Crippen LogP contribution is 2.39. The molecular formula is C18H22ClO2P. The van der Waals surface area contributed by atoms with Gasteiger partial charge >= 0.3 is 0 Å². The van der Waals surface area contributed by atoms with Gasteiger partial charge < -0.3 is 9.47 Å². The number of benzene rings is 2. The Morgan fingerprint density at radius 3 is 1.27 bits per heavy atom. The maximum atomic E-state index is 6.63. The predicted octanol–water partition coefficient (Wildman–Crippen LogP) is 4.85. The Hall–Kier alpha value is -1.24. The van der Waals surface area contributed by atoms with E-state index >= 15 is 0 Å². The van der Waals surface area contributed by atoms with Gasteiger partial charge in [-0.15, -0.1) is 0 Å². The predicted molar refractivity (Wildman–Crippen MR) is 96.5 cm³/mol. The highest BCUT2D eigenvalue weighted by molar-refractivity contribution is 7.95. The summed E-state index contributed by atoms with van der Waals surface area (Å²) in [5.41, 5.74) is 0. The van der Waals surface area contributed by atoms with E-state index in [2.05, 4.69) is 0 Å². The summed E-state index contributed by atoms with van der Waals surface area (Å²) >= 11 is 6.63. The van der Waals surface area contributed by atoms with Crippen LogP contribution in [-0.2, 0) is 0 Å². The molecule has 0 unspecified atom stereocenters. The number of hydrogen-bond acceptors (Lipinski definition) is 2. The molecule has 2 nitrogen and oxygen atoms in total. The second-order valence-electron chi connectivity index (χ2n) is 5.60. The van der Waals surface area contributed by atoms with Crippen LogP contribution < -0.4 is 20.1 Å². The molecule has 4 heteroatoms. The van der Waals surface area contributed by atoms with Crippen molar-refractivity contribution in [2.45, 2.75) is 39.9 Å². The Bertz CT molecular complexity index is 526. The molecule has 0 bridgehead atoms. The maximum Gasteiger partial charge on any atom is 0.119 e.